The molecule has 1 aromatic carbocycles. The largest absolute Gasteiger partial charge is 0.378 e. The van der Waals surface area contributed by atoms with Crippen molar-refractivity contribution in [2.75, 3.05) is 13.2 Å². The van der Waals surface area contributed by atoms with Gasteiger partial charge in [-0.15, -0.1) is 0 Å². The van der Waals surface area contributed by atoms with Crippen molar-refractivity contribution in [3.05, 3.63) is 34.9 Å². The van der Waals surface area contributed by atoms with Crippen LogP contribution in [0, 0.1) is 18.3 Å². The summed E-state index contributed by atoms with van der Waals surface area (Å²) in [5, 5.41) is 12.1. The zero-order valence-electron chi connectivity index (χ0n) is 8.79. The second-order valence-corrected chi connectivity index (χ2v) is 3.87. The molecule has 78 valence electrons. The molecule has 1 fully saturated rings. The van der Waals surface area contributed by atoms with Gasteiger partial charge in [-0.3, -0.25) is 0 Å². The van der Waals surface area contributed by atoms with Crippen LogP contribution in [0.2, 0.25) is 0 Å². The molecule has 0 radical (unpaired) electrons. The Bertz CT molecular complexity index is 391. The van der Waals surface area contributed by atoms with E-state index in [9.17, 15) is 0 Å². The van der Waals surface area contributed by atoms with E-state index in [0.29, 0.717) is 6.04 Å². The van der Waals surface area contributed by atoms with Gasteiger partial charge in [0, 0.05) is 6.54 Å². The zero-order chi connectivity index (χ0) is 10.7. The van der Waals surface area contributed by atoms with Crippen LogP contribution in [0.5, 0.6) is 0 Å². The Morgan fingerprint density at radius 1 is 1.53 bits per heavy atom. The van der Waals surface area contributed by atoms with Gasteiger partial charge in [-0.05, 0) is 30.2 Å². The minimum Gasteiger partial charge on any atom is -0.378 e. The summed E-state index contributed by atoms with van der Waals surface area (Å²) in [6, 6.07) is 8.44. The maximum Gasteiger partial charge on any atom is 0.0991 e. The first-order chi connectivity index (χ1) is 7.29. The van der Waals surface area contributed by atoms with Crippen molar-refractivity contribution in [3.63, 3.8) is 0 Å². The van der Waals surface area contributed by atoms with Crippen LogP contribution in [0.3, 0.4) is 0 Å². The summed E-state index contributed by atoms with van der Waals surface area (Å²) < 4.78 is 5.08. The van der Waals surface area contributed by atoms with Gasteiger partial charge >= 0.3 is 0 Å². The Hall–Kier alpha value is -1.37. The van der Waals surface area contributed by atoms with Crippen LogP contribution >= 0.6 is 0 Å². The van der Waals surface area contributed by atoms with Gasteiger partial charge < -0.3 is 10.1 Å². The summed E-state index contributed by atoms with van der Waals surface area (Å²) in [7, 11) is 0. The smallest absolute Gasteiger partial charge is 0.0991 e. The van der Waals surface area contributed by atoms with Gasteiger partial charge in [0.25, 0.3) is 0 Å². The lowest BCUT2D eigenvalue weighted by atomic mass is 10.1. The molecule has 0 aromatic heterocycles. The zero-order valence-corrected chi connectivity index (χ0v) is 8.79. The summed E-state index contributed by atoms with van der Waals surface area (Å²) in [5.74, 6) is 0. The van der Waals surface area contributed by atoms with Gasteiger partial charge in [-0.1, -0.05) is 6.07 Å². The summed E-state index contributed by atoms with van der Waals surface area (Å²) >= 11 is 0. The average molecular weight is 202 g/mol. The molecule has 1 heterocycles. The van der Waals surface area contributed by atoms with Crippen molar-refractivity contribution in [2.45, 2.75) is 19.5 Å². The molecule has 3 nitrogen and oxygen atoms in total. The fourth-order valence-electron chi connectivity index (χ4n) is 1.57. The van der Waals surface area contributed by atoms with Crippen molar-refractivity contribution in [1.82, 2.24) is 5.32 Å². The monoisotopic (exact) mass is 202 g/mol. The summed E-state index contributed by atoms with van der Waals surface area (Å²) in [5.41, 5.74) is 3.14. The highest BCUT2D eigenvalue weighted by Gasteiger charge is 2.17. The molecule has 15 heavy (non-hydrogen) atoms. The molecule has 1 aliphatic heterocycles. The summed E-state index contributed by atoms with van der Waals surface area (Å²) in [4.78, 5) is 0. The molecule has 2 rings (SSSR count). The van der Waals surface area contributed by atoms with Crippen molar-refractivity contribution < 1.29 is 4.74 Å². The number of benzene rings is 1. The van der Waals surface area contributed by atoms with Gasteiger partial charge in [0.1, 0.15) is 0 Å². The third-order valence-electron chi connectivity index (χ3n) is 2.69. The molecule has 0 aliphatic carbocycles. The Balaban J connectivity index is 1.98. The Labute approximate surface area is 89.7 Å². The normalized spacial score (nSPS) is 15.7. The first-order valence-electron chi connectivity index (χ1n) is 5.10. The highest BCUT2D eigenvalue weighted by Crippen LogP contribution is 2.11. The molecule has 3 heteroatoms. The molecule has 0 unspecified atom stereocenters. The van der Waals surface area contributed by atoms with Gasteiger partial charge in [0.05, 0.1) is 30.9 Å². The van der Waals surface area contributed by atoms with Crippen molar-refractivity contribution >= 4 is 0 Å². The Morgan fingerprint density at radius 2 is 2.33 bits per heavy atom. The van der Waals surface area contributed by atoms with E-state index in [1.54, 1.807) is 0 Å². The third kappa shape index (κ3) is 2.35. The average Bonchev–Trinajstić information content (AvgIpc) is 2.18. The van der Waals surface area contributed by atoms with Crippen molar-refractivity contribution in [1.29, 1.82) is 5.26 Å². The predicted octanol–water partition coefficient (Wildman–Crippen LogP) is 1.36. The quantitative estimate of drug-likeness (QED) is 0.804. The van der Waals surface area contributed by atoms with Gasteiger partial charge in [-0.2, -0.15) is 5.26 Å². The highest BCUT2D eigenvalue weighted by atomic mass is 16.5. The minimum atomic E-state index is 0.500. The van der Waals surface area contributed by atoms with Gasteiger partial charge in [-0.25, -0.2) is 0 Å². The van der Waals surface area contributed by atoms with E-state index in [0.717, 1.165) is 25.3 Å². The molecule has 1 saturated heterocycles. The van der Waals surface area contributed by atoms with Crippen LogP contribution in [0.4, 0.5) is 0 Å². The van der Waals surface area contributed by atoms with E-state index in [2.05, 4.69) is 11.4 Å². The number of hydrogen-bond donors (Lipinski definition) is 1. The molecule has 0 saturated carbocycles. The first-order valence-corrected chi connectivity index (χ1v) is 5.10. The number of nitrogens with zero attached hydrogens (tertiary/aromatic N) is 1. The van der Waals surface area contributed by atoms with E-state index in [1.165, 1.54) is 11.1 Å². The van der Waals surface area contributed by atoms with Gasteiger partial charge in [0.2, 0.25) is 0 Å². The van der Waals surface area contributed by atoms with Crippen LogP contribution in [0.15, 0.2) is 18.2 Å². The highest BCUT2D eigenvalue weighted by molar-refractivity contribution is 5.37. The summed E-state index contributed by atoms with van der Waals surface area (Å²) in [6.07, 6.45) is 0. The van der Waals surface area contributed by atoms with E-state index in [4.69, 9.17) is 10.00 Å². The SMILES string of the molecule is Cc1cc(C#N)ccc1CNC1COC1. The van der Waals surface area contributed by atoms with Crippen molar-refractivity contribution in [2.24, 2.45) is 0 Å². The van der Waals surface area contributed by atoms with E-state index >= 15 is 0 Å². The molecule has 0 atom stereocenters. The van der Waals surface area contributed by atoms with Crippen LogP contribution in [-0.2, 0) is 11.3 Å². The van der Waals surface area contributed by atoms with Crippen LogP contribution in [0.25, 0.3) is 0 Å². The predicted molar refractivity (Wildman–Crippen MR) is 57.3 cm³/mol. The van der Waals surface area contributed by atoms with Crippen LogP contribution < -0.4 is 5.32 Å². The molecule has 1 aromatic rings. The summed E-state index contributed by atoms with van der Waals surface area (Å²) in [6.45, 7) is 4.52. The first kappa shape index (κ1) is 10.2. The van der Waals surface area contributed by atoms with Crippen molar-refractivity contribution in [3.8, 4) is 6.07 Å². The Kier molecular flexibility index (Phi) is 3.00. The molecule has 0 amide bonds. The van der Waals surface area contributed by atoms with E-state index in [-0.39, 0.29) is 0 Å². The topological polar surface area (TPSA) is 45.0 Å². The van der Waals surface area contributed by atoms with E-state index in [1.807, 2.05) is 25.1 Å². The molecule has 0 spiro atoms. The molecule has 1 aliphatic rings. The second kappa shape index (κ2) is 4.43. The molecule has 1 N–H and O–H groups in total. The lowest BCUT2D eigenvalue weighted by Crippen LogP contribution is -2.45. The number of ether oxygens (including phenoxy) is 1. The lowest BCUT2D eigenvalue weighted by molar-refractivity contribution is -0.00580. The number of nitrogens with one attached hydrogen (secondary N) is 1. The van der Waals surface area contributed by atoms with Gasteiger partial charge in [0.15, 0.2) is 0 Å². The molecular formula is C12H14N2O. The second-order valence-electron chi connectivity index (χ2n) is 3.87. The van der Waals surface area contributed by atoms with E-state index < -0.39 is 0 Å². The fraction of sp³-hybridized carbons (Fsp3) is 0.417. The standard InChI is InChI=1S/C12H14N2O/c1-9-4-10(5-13)2-3-11(9)6-14-12-7-15-8-12/h2-4,12,14H,6-8H2,1H3. The fourth-order valence-corrected chi connectivity index (χ4v) is 1.57. The van der Waals surface area contributed by atoms with Crippen LogP contribution in [-0.4, -0.2) is 19.3 Å². The number of aryl methyl sites for hydroxylation is 1. The maximum absolute atomic E-state index is 8.74. The number of rotatable bonds is 3. The third-order valence-corrected chi connectivity index (χ3v) is 2.69. The molecular weight excluding hydrogens is 188 g/mol. The molecule has 0 bridgehead atoms. The minimum absolute atomic E-state index is 0.500. The number of nitriles is 1. The maximum atomic E-state index is 8.74. The lowest BCUT2D eigenvalue weighted by Gasteiger charge is -2.27. The Morgan fingerprint density at radius 3 is 2.87 bits per heavy atom. The number of hydrogen-bond acceptors (Lipinski definition) is 3. The van der Waals surface area contributed by atoms with Crippen LogP contribution in [0.1, 0.15) is 16.7 Å².